The van der Waals surface area contributed by atoms with Gasteiger partial charge in [-0.25, -0.2) is 4.98 Å². The van der Waals surface area contributed by atoms with Crippen LogP contribution < -0.4 is 10.1 Å². The van der Waals surface area contributed by atoms with E-state index in [-0.39, 0.29) is 23.1 Å². The fourth-order valence-electron chi connectivity index (χ4n) is 5.80. The fraction of sp³-hybridized carbons (Fsp3) is 0.371. The third kappa shape index (κ3) is 6.68. The van der Waals surface area contributed by atoms with E-state index < -0.39 is 0 Å². The lowest BCUT2D eigenvalue weighted by Crippen LogP contribution is -2.47. The maximum atomic E-state index is 13.2. The van der Waals surface area contributed by atoms with Crippen LogP contribution in [-0.2, 0) is 23.1 Å². The number of nitrogens with one attached hydrogen (secondary N) is 2. The molecule has 2 aromatic heterocycles. The standard InChI is InChI=1S/C35H40N6O3/c1-35(2,3)26-6-5-7-27(20-26)38-33(42)24-9-8-23-10-11-28(19-25(23)18-24)44-29-12-13-36-30(21-29)32-37-22-31(39-32)34(43)41-16-14-40(4)15-17-41/h5-7,10-13,19-22,24H,8-9,14-18H2,1-4H3,(H,37,39)(H,38,42). The molecule has 1 unspecified atom stereocenters. The molecule has 1 fully saturated rings. The topological polar surface area (TPSA) is 103 Å². The van der Waals surface area contributed by atoms with Gasteiger partial charge in [-0.05, 0) is 78.7 Å². The molecule has 4 aromatic rings. The number of carbonyl (C=O) groups is 2. The average molecular weight is 593 g/mol. The first-order valence-corrected chi connectivity index (χ1v) is 15.3. The summed E-state index contributed by atoms with van der Waals surface area (Å²) in [5, 5.41) is 3.15. The van der Waals surface area contributed by atoms with Gasteiger partial charge < -0.3 is 24.8 Å². The highest BCUT2D eigenvalue weighted by atomic mass is 16.5. The number of aryl methyl sites for hydroxylation is 1. The second-order valence-electron chi connectivity index (χ2n) is 12.9. The van der Waals surface area contributed by atoms with Gasteiger partial charge in [0.2, 0.25) is 5.91 Å². The van der Waals surface area contributed by atoms with Gasteiger partial charge in [-0.1, -0.05) is 39.0 Å². The Morgan fingerprint density at radius 1 is 0.977 bits per heavy atom. The molecule has 9 nitrogen and oxygen atoms in total. The first-order valence-electron chi connectivity index (χ1n) is 15.3. The third-order valence-electron chi connectivity index (χ3n) is 8.57. The van der Waals surface area contributed by atoms with Crippen molar-refractivity contribution in [3.05, 3.63) is 89.4 Å². The largest absolute Gasteiger partial charge is 0.457 e. The van der Waals surface area contributed by atoms with E-state index in [0.717, 1.165) is 37.2 Å². The molecule has 1 saturated heterocycles. The summed E-state index contributed by atoms with van der Waals surface area (Å²) in [5.41, 5.74) is 5.40. The number of aromatic amines is 1. The zero-order chi connectivity index (χ0) is 30.8. The summed E-state index contributed by atoms with van der Waals surface area (Å²) >= 11 is 0. The quantitative estimate of drug-likeness (QED) is 0.298. The number of carbonyl (C=O) groups excluding carboxylic acids is 2. The van der Waals surface area contributed by atoms with Crippen LogP contribution in [0.25, 0.3) is 11.5 Å². The number of piperazine rings is 1. The van der Waals surface area contributed by atoms with E-state index in [1.807, 2.05) is 35.2 Å². The lowest BCUT2D eigenvalue weighted by molar-refractivity contribution is -0.120. The monoisotopic (exact) mass is 592 g/mol. The molecule has 44 heavy (non-hydrogen) atoms. The van der Waals surface area contributed by atoms with E-state index in [0.29, 0.717) is 48.2 Å². The van der Waals surface area contributed by atoms with Crippen LogP contribution in [0.4, 0.5) is 5.69 Å². The number of ether oxygens (including phenoxy) is 1. The van der Waals surface area contributed by atoms with Gasteiger partial charge in [0.05, 0.1) is 0 Å². The van der Waals surface area contributed by atoms with Crippen molar-refractivity contribution in [2.24, 2.45) is 5.92 Å². The van der Waals surface area contributed by atoms with Crippen LogP contribution in [-0.4, -0.2) is 69.8 Å². The predicted molar refractivity (Wildman–Crippen MR) is 171 cm³/mol. The molecule has 0 radical (unpaired) electrons. The summed E-state index contributed by atoms with van der Waals surface area (Å²) in [4.78, 5) is 42.3. The summed E-state index contributed by atoms with van der Waals surface area (Å²) in [5.74, 6) is 1.70. The number of hydrogen-bond acceptors (Lipinski definition) is 6. The number of H-pyrrole nitrogens is 1. The van der Waals surface area contributed by atoms with Crippen LogP contribution in [0.15, 0.2) is 67.0 Å². The van der Waals surface area contributed by atoms with E-state index >= 15 is 0 Å². The van der Waals surface area contributed by atoms with Crippen LogP contribution in [0.2, 0.25) is 0 Å². The van der Waals surface area contributed by atoms with Crippen molar-refractivity contribution in [2.45, 2.75) is 45.4 Å². The van der Waals surface area contributed by atoms with E-state index in [9.17, 15) is 9.59 Å². The second-order valence-corrected chi connectivity index (χ2v) is 12.9. The number of nitrogens with zero attached hydrogens (tertiary/aromatic N) is 4. The molecule has 2 N–H and O–H groups in total. The summed E-state index contributed by atoms with van der Waals surface area (Å²) < 4.78 is 6.24. The van der Waals surface area contributed by atoms with Gasteiger partial charge >= 0.3 is 0 Å². The van der Waals surface area contributed by atoms with Gasteiger partial charge in [0.25, 0.3) is 5.91 Å². The predicted octanol–water partition coefficient (Wildman–Crippen LogP) is 5.69. The molecule has 0 spiro atoms. The van der Waals surface area contributed by atoms with Gasteiger partial charge in [-0.3, -0.25) is 14.6 Å². The van der Waals surface area contributed by atoms with Crippen LogP contribution in [0, 0.1) is 5.92 Å². The summed E-state index contributed by atoms with van der Waals surface area (Å²) in [7, 11) is 2.06. The molecule has 9 heteroatoms. The maximum Gasteiger partial charge on any atom is 0.274 e. The van der Waals surface area contributed by atoms with E-state index in [1.165, 1.54) is 11.1 Å². The van der Waals surface area contributed by atoms with Crippen molar-refractivity contribution in [3.63, 3.8) is 0 Å². The highest BCUT2D eigenvalue weighted by Crippen LogP contribution is 2.32. The van der Waals surface area contributed by atoms with Crippen LogP contribution >= 0.6 is 0 Å². The molecule has 3 heterocycles. The minimum absolute atomic E-state index is 0.0149. The molecule has 228 valence electrons. The number of rotatable bonds is 6. The van der Waals surface area contributed by atoms with Crippen molar-refractivity contribution in [2.75, 3.05) is 38.5 Å². The fourth-order valence-corrected chi connectivity index (χ4v) is 5.80. The molecule has 2 aliphatic rings. The van der Waals surface area contributed by atoms with Crippen LogP contribution in [0.1, 0.15) is 54.4 Å². The number of aromatic nitrogens is 3. The number of benzene rings is 2. The lowest BCUT2D eigenvalue weighted by atomic mass is 9.83. The number of hydrogen-bond donors (Lipinski definition) is 2. The first-order chi connectivity index (χ1) is 21.1. The molecular weight excluding hydrogens is 552 g/mol. The SMILES string of the molecule is CN1CCN(C(=O)c2c[nH]c(-c3cc(Oc4ccc5c(c4)CC(C(=O)Nc4cccc(C(C)(C)C)c4)CC5)ccn3)n2)CC1. The Morgan fingerprint density at radius 2 is 1.77 bits per heavy atom. The zero-order valence-corrected chi connectivity index (χ0v) is 25.9. The molecule has 0 saturated carbocycles. The third-order valence-corrected chi connectivity index (χ3v) is 8.57. The summed E-state index contributed by atoms with van der Waals surface area (Å²) in [6.07, 6.45) is 5.64. The molecule has 6 rings (SSSR count). The minimum Gasteiger partial charge on any atom is -0.457 e. The Morgan fingerprint density at radius 3 is 2.57 bits per heavy atom. The maximum absolute atomic E-state index is 13.2. The highest BCUT2D eigenvalue weighted by Gasteiger charge is 2.26. The average Bonchev–Trinajstić information content (AvgIpc) is 3.51. The molecule has 2 amide bonds. The molecule has 0 bridgehead atoms. The number of pyridine rings is 1. The van der Waals surface area contributed by atoms with Crippen molar-refractivity contribution in [1.29, 1.82) is 0 Å². The van der Waals surface area contributed by atoms with Crippen molar-refractivity contribution in [1.82, 2.24) is 24.8 Å². The number of fused-ring (bicyclic) bond motifs is 1. The van der Waals surface area contributed by atoms with Crippen LogP contribution in [0.3, 0.4) is 0 Å². The van der Waals surface area contributed by atoms with E-state index in [2.05, 4.69) is 71.2 Å². The molecular formula is C35H40N6O3. The second kappa shape index (κ2) is 12.2. The number of imidazole rings is 1. The Labute approximate surface area is 258 Å². The molecule has 1 aliphatic heterocycles. The van der Waals surface area contributed by atoms with Gasteiger partial charge in [-0.2, -0.15) is 0 Å². The summed E-state index contributed by atoms with van der Waals surface area (Å²) in [6.45, 7) is 9.60. The molecule has 1 atom stereocenters. The molecule has 1 aliphatic carbocycles. The first kappa shape index (κ1) is 29.6. The van der Waals surface area contributed by atoms with Gasteiger partial charge in [0.15, 0.2) is 5.82 Å². The van der Waals surface area contributed by atoms with Gasteiger partial charge in [-0.15, -0.1) is 0 Å². The minimum atomic E-state index is -0.106. The Kier molecular flexibility index (Phi) is 8.23. The van der Waals surface area contributed by atoms with Crippen molar-refractivity contribution < 1.29 is 14.3 Å². The van der Waals surface area contributed by atoms with Crippen molar-refractivity contribution in [3.8, 4) is 23.0 Å². The highest BCUT2D eigenvalue weighted by molar-refractivity contribution is 5.93. The van der Waals surface area contributed by atoms with E-state index in [4.69, 9.17) is 4.74 Å². The van der Waals surface area contributed by atoms with Crippen molar-refractivity contribution >= 4 is 17.5 Å². The number of likely N-dealkylation sites (N-methyl/N-ethyl adjacent to an activating group) is 1. The Bertz CT molecular complexity index is 1660. The van der Waals surface area contributed by atoms with Gasteiger partial charge in [0, 0.05) is 56.2 Å². The number of anilines is 1. The lowest BCUT2D eigenvalue weighted by Gasteiger charge is -2.31. The number of amides is 2. The van der Waals surface area contributed by atoms with Gasteiger partial charge in [0.1, 0.15) is 22.9 Å². The summed E-state index contributed by atoms with van der Waals surface area (Å²) in [6, 6.07) is 17.8. The zero-order valence-electron chi connectivity index (χ0n) is 25.9. The van der Waals surface area contributed by atoms with E-state index in [1.54, 1.807) is 18.5 Å². The normalized spacial score (nSPS) is 17.2. The smallest absolute Gasteiger partial charge is 0.274 e. The van der Waals surface area contributed by atoms with Crippen LogP contribution in [0.5, 0.6) is 11.5 Å². The molecule has 2 aromatic carbocycles. The Balaban J connectivity index is 1.11. The Hall–Kier alpha value is -4.50.